The summed E-state index contributed by atoms with van der Waals surface area (Å²) in [6, 6.07) is 6.09. The van der Waals surface area contributed by atoms with Crippen LogP contribution in [0.3, 0.4) is 0 Å². The van der Waals surface area contributed by atoms with Crippen molar-refractivity contribution < 1.29 is 67.1 Å². The van der Waals surface area contributed by atoms with Gasteiger partial charge in [-0.15, -0.1) is 0 Å². The molecule has 0 saturated carbocycles. The summed E-state index contributed by atoms with van der Waals surface area (Å²) in [6.45, 7) is 10.3. The van der Waals surface area contributed by atoms with Gasteiger partial charge in [-0.25, -0.2) is 19.2 Å². The highest BCUT2D eigenvalue weighted by Gasteiger charge is 2.64. The minimum absolute atomic E-state index is 0.113. The predicted molar refractivity (Wildman–Crippen MR) is 273 cm³/mol. The minimum atomic E-state index is -1.89. The van der Waals surface area contributed by atoms with Gasteiger partial charge < -0.3 is 65.8 Å². The smallest absolute Gasteiger partial charge is 0.410 e. The molecule has 74 heavy (non-hydrogen) atoms. The van der Waals surface area contributed by atoms with Crippen LogP contribution < -0.4 is 42.4 Å². The van der Waals surface area contributed by atoms with Gasteiger partial charge in [0.15, 0.2) is 5.72 Å². The van der Waals surface area contributed by atoms with Crippen molar-refractivity contribution >= 4 is 64.9 Å². The molecule has 9 N–H and O–H groups in total. The van der Waals surface area contributed by atoms with Crippen LogP contribution >= 0.6 is 11.6 Å². The Morgan fingerprint density at radius 1 is 1.08 bits per heavy atom. The number of hydrogen-bond acceptors (Lipinski definition) is 15. The van der Waals surface area contributed by atoms with E-state index in [2.05, 4.69) is 21.3 Å². The Kier molecular flexibility index (Phi) is 19.9. The average molecular weight is 1060 g/mol. The molecule has 5 rings (SSSR count). The molecule has 23 heteroatoms. The first-order valence-electron chi connectivity index (χ1n) is 24.3. The molecule has 10 atom stereocenters. The molecule has 3 aliphatic heterocycles. The molecule has 406 valence electrons. The van der Waals surface area contributed by atoms with Crippen molar-refractivity contribution in [2.24, 2.45) is 23.3 Å². The van der Waals surface area contributed by atoms with Crippen LogP contribution in [0.4, 0.5) is 25.8 Å². The number of urea groups is 1. The molecule has 0 aliphatic carbocycles. The van der Waals surface area contributed by atoms with Gasteiger partial charge in [0.2, 0.25) is 17.7 Å². The Labute approximate surface area is 436 Å². The van der Waals surface area contributed by atoms with Gasteiger partial charge in [-0.2, -0.15) is 0 Å². The number of carbonyl (C=O) groups is 7. The first-order valence-corrected chi connectivity index (χ1v) is 24.7. The normalized spacial score (nSPS) is 26.3. The number of halogens is 1. The van der Waals surface area contributed by atoms with Crippen molar-refractivity contribution in [3.05, 3.63) is 76.3 Å². The fraction of sp³-hybridized carbons (Fsp3) is 0.549. The Hall–Kier alpha value is -6.46. The maximum atomic E-state index is 14.4. The number of carbonyl (C=O) groups excluding carboxylic acids is 7. The highest BCUT2D eigenvalue weighted by Crippen LogP contribution is 2.49. The molecule has 22 nitrogen and oxygen atoms in total. The van der Waals surface area contributed by atoms with E-state index in [1.165, 1.54) is 40.1 Å². The van der Waals surface area contributed by atoms with Crippen molar-refractivity contribution in [2.45, 2.75) is 134 Å². The number of epoxide rings is 1. The van der Waals surface area contributed by atoms with Crippen LogP contribution in [0, 0.1) is 11.8 Å². The molecular formula is C51H71ClN8O14. The number of methoxy groups -OCH3 is 2. The summed E-state index contributed by atoms with van der Waals surface area (Å²) in [5.41, 5.74) is 10.8. The van der Waals surface area contributed by atoms with Crippen molar-refractivity contribution in [3.63, 3.8) is 0 Å². The Morgan fingerprint density at radius 2 is 1.77 bits per heavy atom. The number of ether oxygens (including phenoxy) is 6. The number of primary amides is 1. The summed E-state index contributed by atoms with van der Waals surface area (Å²) in [5.74, 6) is -2.91. The minimum Gasteiger partial charge on any atom is -0.495 e. The summed E-state index contributed by atoms with van der Waals surface area (Å²) in [4.78, 5) is 94.5. The van der Waals surface area contributed by atoms with Gasteiger partial charge in [-0.3, -0.25) is 24.6 Å². The molecule has 2 saturated heterocycles. The lowest BCUT2D eigenvalue weighted by Crippen LogP contribution is -2.63. The molecule has 0 spiro atoms. The topological polar surface area (TPSA) is 305 Å². The number of benzene rings is 2. The van der Waals surface area contributed by atoms with Crippen LogP contribution in [-0.2, 0) is 55.9 Å². The number of anilines is 2. The number of esters is 1. The number of nitrogens with zero attached hydrogens (tertiary/aromatic N) is 2. The number of amides is 7. The van der Waals surface area contributed by atoms with E-state index in [4.69, 9.17) is 51.5 Å². The van der Waals surface area contributed by atoms with Gasteiger partial charge in [-0.05, 0) is 81.3 Å². The third-order valence-electron chi connectivity index (χ3n) is 13.6. The number of rotatable bonds is 16. The van der Waals surface area contributed by atoms with Crippen molar-refractivity contribution in [3.8, 4) is 5.75 Å². The lowest BCUT2D eigenvalue weighted by atomic mass is 9.83. The zero-order chi connectivity index (χ0) is 54.8. The first-order chi connectivity index (χ1) is 34.8. The number of nitrogens with two attached hydrogens (primary N) is 2. The van der Waals surface area contributed by atoms with Crippen LogP contribution in [0.25, 0.3) is 0 Å². The third-order valence-corrected chi connectivity index (χ3v) is 14.0. The van der Waals surface area contributed by atoms with E-state index >= 15 is 0 Å². The maximum absolute atomic E-state index is 14.4. The standard InChI is InChI=1S/C51H71ClN8O14/c1-27(2)42(53)45(63)57-34(14-12-20-55-47(54)65)44(62)56-33-18-16-31(17-19-33)26-71-49(67)59(7)30(5)46(64)73-39-24-40(61)60(8)35-22-32(23-36(69-9)41(35)52)21-28(3)13-11-15-38(70-10)51(68)25-37(72-48(66)58-51)29(4)43-50(39,6)74-43/h11,13,15-19,22-23,27,29-30,34,37-39,42-43,68H,12,14,20-21,24-26,53H2,1-10H3,(H,56,62)(H,57,63)(H,58,66)(H3,54,55,65)/b15-11-,28-13-/t29-,30+,34+,37+,38-,39+,42+,43+,50+,51+/m1/s1. The molecule has 2 fully saturated rings. The Morgan fingerprint density at radius 3 is 2.41 bits per heavy atom. The van der Waals surface area contributed by atoms with Gasteiger partial charge in [0.05, 0.1) is 31.4 Å². The number of nitrogens with one attached hydrogen (secondary N) is 4. The fourth-order valence-corrected chi connectivity index (χ4v) is 8.99. The van der Waals surface area contributed by atoms with Gasteiger partial charge in [-0.1, -0.05) is 68.3 Å². The van der Waals surface area contributed by atoms with Crippen molar-refractivity contribution in [1.29, 1.82) is 0 Å². The number of alkyl carbamates (subject to hydrolysis) is 1. The monoisotopic (exact) mass is 1050 g/mol. The van der Waals surface area contributed by atoms with E-state index in [0.717, 1.165) is 16.0 Å². The maximum Gasteiger partial charge on any atom is 0.410 e. The third kappa shape index (κ3) is 14.6. The number of aliphatic hydroxyl groups is 1. The molecule has 7 amide bonds. The average Bonchev–Trinajstić information content (AvgIpc) is 4.05. The van der Waals surface area contributed by atoms with E-state index in [9.17, 15) is 38.7 Å². The fourth-order valence-electron chi connectivity index (χ4n) is 8.68. The van der Waals surface area contributed by atoms with Crippen molar-refractivity contribution in [1.82, 2.24) is 20.9 Å². The molecule has 0 unspecified atom stereocenters. The summed E-state index contributed by atoms with van der Waals surface area (Å²) in [7, 11) is 5.74. The van der Waals surface area contributed by atoms with Gasteiger partial charge in [0.25, 0.3) is 0 Å². The lowest BCUT2D eigenvalue weighted by molar-refractivity contribution is -0.158. The second kappa shape index (κ2) is 25.2. The highest BCUT2D eigenvalue weighted by atomic mass is 35.5. The van der Waals surface area contributed by atoms with Crippen LogP contribution in [0.1, 0.15) is 78.4 Å². The van der Waals surface area contributed by atoms with E-state index < -0.39 is 108 Å². The molecule has 3 heterocycles. The quantitative estimate of drug-likeness (QED) is 0.0537. The van der Waals surface area contributed by atoms with E-state index in [-0.39, 0.29) is 36.9 Å². The number of fused-ring (bicyclic) bond motifs is 5. The molecule has 0 aromatic heterocycles. The van der Waals surface area contributed by atoms with Gasteiger partial charge in [0.1, 0.15) is 53.4 Å². The van der Waals surface area contributed by atoms with Crippen LogP contribution in [-0.4, -0.2) is 141 Å². The summed E-state index contributed by atoms with van der Waals surface area (Å²) < 4.78 is 34.9. The molecule has 4 bridgehead atoms. The Bertz CT molecular complexity index is 2460. The van der Waals surface area contributed by atoms with Gasteiger partial charge >= 0.3 is 24.2 Å². The number of hydrogen-bond donors (Lipinski definition) is 7. The van der Waals surface area contributed by atoms with E-state index in [0.29, 0.717) is 35.5 Å². The molecule has 0 radical (unpaired) electrons. The Balaban J connectivity index is 1.31. The molecular weight excluding hydrogens is 984 g/mol. The molecule has 3 aliphatic rings. The number of likely N-dealkylation sites (N-methyl/N-ethyl adjacent to an activating group) is 1. The predicted octanol–water partition coefficient (Wildman–Crippen LogP) is 4.18. The zero-order valence-electron chi connectivity index (χ0n) is 43.5. The number of allylic oxidation sites excluding steroid dienone is 3. The lowest BCUT2D eigenvalue weighted by Gasteiger charge is -2.42. The van der Waals surface area contributed by atoms with Crippen LogP contribution in [0.15, 0.2) is 60.2 Å². The second-order valence-corrected chi connectivity index (χ2v) is 19.9. The zero-order valence-corrected chi connectivity index (χ0v) is 44.3. The summed E-state index contributed by atoms with van der Waals surface area (Å²) >= 11 is 6.81. The van der Waals surface area contributed by atoms with Crippen molar-refractivity contribution in [2.75, 3.05) is 45.1 Å². The summed E-state index contributed by atoms with van der Waals surface area (Å²) in [6.07, 6.45) is -0.154. The molecule has 2 aromatic carbocycles. The highest BCUT2D eigenvalue weighted by molar-refractivity contribution is 6.35. The largest absolute Gasteiger partial charge is 0.495 e. The SMILES string of the molecule is COc1cc2cc(c1Cl)N(C)C(=O)C[C@H](OC(=O)[C@H](C)N(C)C(=O)OCc1ccc(NC(=O)[C@H](CCCNC(N)=O)NC(=O)[C@@H](N)C(C)C)cc1)[C@]1(C)O[C@H]1[C@H](C)[C@@H]1C[C@@](O)(NC(=O)O1)[C@H](OC)/C=C\C=C(\C)C2. The van der Waals surface area contributed by atoms with Gasteiger partial charge in [0, 0.05) is 45.8 Å². The van der Waals surface area contributed by atoms with Crippen LogP contribution in [0.2, 0.25) is 5.02 Å². The van der Waals surface area contributed by atoms with Crippen LogP contribution in [0.5, 0.6) is 5.75 Å². The van der Waals surface area contributed by atoms with E-state index in [1.807, 2.05) is 13.0 Å². The van der Waals surface area contributed by atoms with E-state index in [1.54, 1.807) is 76.2 Å². The summed E-state index contributed by atoms with van der Waals surface area (Å²) in [5, 5.41) is 22.4. The first kappa shape index (κ1) is 58.4. The molecule has 2 aromatic rings. The second-order valence-electron chi connectivity index (χ2n) is 19.5.